The molecule has 2 saturated heterocycles. The van der Waals surface area contributed by atoms with Gasteiger partial charge < -0.3 is 20.4 Å². The first-order valence-electron chi connectivity index (χ1n) is 14.5. The molecule has 39 heavy (non-hydrogen) atoms. The zero-order valence-electron chi connectivity index (χ0n) is 24.8. The Morgan fingerprint density at radius 3 is 2.03 bits per heavy atom. The van der Waals surface area contributed by atoms with E-state index in [1.54, 1.807) is 24.8 Å². The van der Waals surface area contributed by atoms with Crippen LogP contribution in [0, 0.1) is 28.6 Å². The van der Waals surface area contributed by atoms with Gasteiger partial charge in [-0.1, -0.05) is 67.4 Å². The Kier molecular flexibility index (Phi) is 9.33. The molecule has 4 atom stereocenters. The average Bonchev–Trinajstić information content (AvgIpc) is 3.51. The second kappa shape index (κ2) is 11.8. The van der Waals surface area contributed by atoms with Crippen LogP contribution in [0.4, 0.5) is 0 Å². The van der Waals surface area contributed by atoms with E-state index in [1.165, 1.54) is 4.90 Å². The van der Waals surface area contributed by atoms with E-state index < -0.39 is 46.6 Å². The van der Waals surface area contributed by atoms with E-state index in [-0.39, 0.29) is 23.7 Å². The second-order valence-corrected chi connectivity index (χ2v) is 13.6. The highest BCUT2D eigenvalue weighted by atomic mass is 16.2. The molecule has 3 fully saturated rings. The highest BCUT2D eigenvalue weighted by molar-refractivity contribution is 6.38. The van der Waals surface area contributed by atoms with Gasteiger partial charge in [0.2, 0.25) is 23.5 Å². The molecule has 4 amide bonds. The maximum Gasteiger partial charge on any atom is 0.292 e. The van der Waals surface area contributed by atoms with Crippen molar-refractivity contribution >= 4 is 29.4 Å². The lowest BCUT2D eigenvalue weighted by molar-refractivity contribution is -0.150. The number of nitrogens with zero attached hydrogens (tertiary/aromatic N) is 2. The number of ketones is 1. The Labute approximate surface area is 233 Å². The lowest BCUT2D eigenvalue weighted by Gasteiger charge is -2.39. The van der Waals surface area contributed by atoms with Crippen molar-refractivity contribution in [2.75, 3.05) is 19.6 Å². The number of Topliss-reactive ketones (excluding diaryl/α,β-unsaturated/α-hetero) is 1. The van der Waals surface area contributed by atoms with Crippen molar-refractivity contribution < 1.29 is 24.0 Å². The molecule has 1 aliphatic carbocycles. The lowest BCUT2D eigenvalue weighted by atomic mass is 9.74. The van der Waals surface area contributed by atoms with E-state index in [9.17, 15) is 24.0 Å². The summed E-state index contributed by atoms with van der Waals surface area (Å²) in [4.78, 5) is 69.8. The summed E-state index contributed by atoms with van der Waals surface area (Å²) in [5.74, 6) is -2.35. The van der Waals surface area contributed by atoms with Gasteiger partial charge in [0.25, 0.3) is 5.91 Å². The molecule has 0 radical (unpaired) electrons. The van der Waals surface area contributed by atoms with E-state index in [0.717, 1.165) is 19.3 Å². The molecule has 2 N–H and O–H groups in total. The molecule has 3 rings (SSSR count). The monoisotopic (exact) mass is 544 g/mol. The number of allylic oxidation sites excluding steroid dienone is 1. The first-order valence-corrected chi connectivity index (χ1v) is 14.5. The predicted molar refractivity (Wildman–Crippen MR) is 149 cm³/mol. The van der Waals surface area contributed by atoms with Gasteiger partial charge in [-0.15, -0.1) is 6.58 Å². The number of likely N-dealkylation sites (tertiary alicyclic amines) is 2. The van der Waals surface area contributed by atoms with Gasteiger partial charge in [-0.05, 0) is 41.9 Å². The molecule has 9 heteroatoms. The summed E-state index contributed by atoms with van der Waals surface area (Å²) in [5, 5.41) is 5.82. The molecular formula is C30H48N4O5. The van der Waals surface area contributed by atoms with Crippen LogP contribution in [0.2, 0.25) is 0 Å². The molecule has 2 heterocycles. The fourth-order valence-electron chi connectivity index (χ4n) is 5.42. The van der Waals surface area contributed by atoms with Crippen molar-refractivity contribution in [3.63, 3.8) is 0 Å². The van der Waals surface area contributed by atoms with E-state index in [1.807, 2.05) is 34.6 Å². The highest BCUT2D eigenvalue weighted by Gasteiger charge is 2.51. The maximum absolute atomic E-state index is 14.1. The van der Waals surface area contributed by atoms with Crippen molar-refractivity contribution in [3.05, 3.63) is 12.7 Å². The van der Waals surface area contributed by atoms with Gasteiger partial charge in [0, 0.05) is 25.6 Å². The number of rotatable bonds is 11. The third-order valence-corrected chi connectivity index (χ3v) is 8.61. The average molecular weight is 545 g/mol. The smallest absolute Gasteiger partial charge is 0.292 e. The number of hydrogen-bond acceptors (Lipinski definition) is 5. The van der Waals surface area contributed by atoms with Crippen LogP contribution in [0.5, 0.6) is 0 Å². The molecule has 0 aromatic rings. The van der Waals surface area contributed by atoms with Crippen molar-refractivity contribution in [2.45, 2.75) is 98.7 Å². The number of carbonyl (C=O) groups is 5. The highest BCUT2D eigenvalue weighted by Crippen LogP contribution is 2.41. The minimum Gasteiger partial charge on any atom is -0.344 e. The quantitative estimate of drug-likeness (QED) is 0.307. The molecule has 0 aromatic heterocycles. The molecule has 3 aliphatic rings. The van der Waals surface area contributed by atoms with Crippen molar-refractivity contribution in [1.29, 1.82) is 0 Å². The standard InChI is InChI=1S/C30H48N4O5/c1-9-30(7,8)20-13-16-34(28(39)24(29(4,5)6)32-25(36)18(2)3)22(20)26(37)31-21(17-19-11-12-19)23(35)27(38)33-14-10-15-33/h9,18-22,24H,1,10-17H2,2-8H3,(H,31,37)(H,32,36)/t20?,21?,22-,24+/m0/s1. The Hall–Kier alpha value is -2.71. The van der Waals surface area contributed by atoms with Crippen LogP contribution in [0.3, 0.4) is 0 Å². The number of nitrogens with one attached hydrogen (secondary N) is 2. The minimum absolute atomic E-state index is 0.231. The molecule has 0 aromatic carbocycles. The summed E-state index contributed by atoms with van der Waals surface area (Å²) < 4.78 is 0. The van der Waals surface area contributed by atoms with Gasteiger partial charge in [0.15, 0.2) is 0 Å². The lowest BCUT2D eigenvalue weighted by Crippen LogP contribution is -2.61. The maximum atomic E-state index is 14.1. The van der Waals surface area contributed by atoms with Gasteiger partial charge in [-0.2, -0.15) is 0 Å². The van der Waals surface area contributed by atoms with Crippen LogP contribution in [0.25, 0.3) is 0 Å². The van der Waals surface area contributed by atoms with Gasteiger partial charge in [0.1, 0.15) is 12.1 Å². The fraction of sp³-hybridized carbons (Fsp3) is 0.767. The van der Waals surface area contributed by atoms with Crippen LogP contribution < -0.4 is 10.6 Å². The van der Waals surface area contributed by atoms with E-state index in [2.05, 4.69) is 17.2 Å². The number of amides is 4. The van der Waals surface area contributed by atoms with Crippen LogP contribution in [-0.2, 0) is 24.0 Å². The van der Waals surface area contributed by atoms with Crippen LogP contribution >= 0.6 is 0 Å². The van der Waals surface area contributed by atoms with Crippen molar-refractivity contribution in [1.82, 2.24) is 20.4 Å². The van der Waals surface area contributed by atoms with Crippen molar-refractivity contribution in [3.8, 4) is 0 Å². The van der Waals surface area contributed by atoms with Crippen LogP contribution in [0.1, 0.15) is 80.6 Å². The Morgan fingerprint density at radius 2 is 1.56 bits per heavy atom. The molecule has 218 valence electrons. The largest absolute Gasteiger partial charge is 0.344 e. The van der Waals surface area contributed by atoms with Crippen LogP contribution in [-0.4, -0.2) is 77.0 Å². The third-order valence-electron chi connectivity index (χ3n) is 8.61. The fourth-order valence-corrected chi connectivity index (χ4v) is 5.42. The summed E-state index contributed by atoms with van der Waals surface area (Å²) in [6.07, 6.45) is 5.62. The molecule has 2 unspecified atom stereocenters. The van der Waals surface area contributed by atoms with E-state index >= 15 is 0 Å². The van der Waals surface area contributed by atoms with Crippen LogP contribution in [0.15, 0.2) is 12.7 Å². The SMILES string of the molecule is C=CC(C)(C)C1CCN(C(=O)[C@@H](NC(=O)C(C)C)C(C)(C)C)[C@@H]1C(=O)NC(CC1CC1)C(=O)C(=O)N1CCC1. The van der Waals surface area contributed by atoms with Gasteiger partial charge >= 0.3 is 0 Å². The topological polar surface area (TPSA) is 116 Å². The van der Waals surface area contributed by atoms with Crippen molar-refractivity contribution in [2.24, 2.45) is 28.6 Å². The minimum atomic E-state index is -0.915. The number of hydrogen-bond donors (Lipinski definition) is 2. The summed E-state index contributed by atoms with van der Waals surface area (Å²) in [5.41, 5.74) is -1.07. The normalized spacial score (nSPS) is 23.1. The molecule has 0 spiro atoms. The molecule has 9 nitrogen and oxygen atoms in total. The first-order chi connectivity index (χ1) is 18.1. The second-order valence-electron chi connectivity index (χ2n) is 13.6. The zero-order valence-corrected chi connectivity index (χ0v) is 24.8. The summed E-state index contributed by atoms with van der Waals surface area (Å²) in [6.45, 7) is 18.6. The Bertz CT molecular complexity index is 990. The Morgan fingerprint density at radius 1 is 0.949 bits per heavy atom. The molecule has 1 saturated carbocycles. The third kappa shape index (κ3) is 7.09. The molecular weight excluding hydrogens is 496 g/mol. The predicted octanol–water partition coefficient (Wildman–Crippen LogP) is 2.69. The van der Waals surface area contributed by atoms with Gasteiger partial charge in [-0.25, -0.2) is 0 Å². The molecule has 0 bridgehead atoms. The first kappa shape index (κ1) is 30.8. The number of carbonyl (C=O) groups excluding carboxylic acids is 5. The summed E-state index contributed by atoms with van der Waals surface area (Å²) in [7, 11) is 0. The summed E-state index contributed by atoms with van der Waals surface area (Å²) >= 11 is 0. The van der Waals surface area contributed by atoms with E-state index in [0.29, 0.717) is 38.4 Å². The summed E-state index contributed by atoms with van der Waals surface area (Å²) in [6, 6.07) is -2.60. The molecule has 2 aliphatic heterocycles. The van der Waals surface area contributed by atoms with Gasteiger partial charge in [0.05, 0.1) is 6.04 Å². The zero-order chi connectivity index (χ0) is 29.3. The van der Waals surface area contributed by atoms with Gasteiger partial charge in [-0.3, -0.25) is 24.0 Å². The Balaban J connectivity index is 1.91. The van der Waals surface area contributed by atoms with E-state index in [4.69, 9.17) is 0 Å².